The molecule has 21 heavy (non-hydrogen) atoms. The zero-order valence-corrected chi connectivity index (χ0v) is 13.3. The normalized spacial score (nSPS) is 15.9. The van der Waals surface area contributed by atoms with Gasteiger partial charge in [-0.3, -0.25) is 4.79 Å². The molecular weight excluding hydrogens is 311 g/mol. The fraction of sp³-hybridized carbons (Fsp3) is 0.533. The second-order valence-corrected chi connectivity index (χ2v) is 6.12. The van der Waals surface area contributed by atoms with Gasteiger partial charge in [-0.25, -0.2) is 0 Å². The number of nitrogen functional groups attached to an aromatic ring is 1. The number of hydrogen-bond acceptors (Lipinski definition) is 3. The molecule has 3 N–H and O–H groups in total. The van der Waals surface area contributed by atoms with Crippen LogP contribution in [0.25, 0.3) is 0 Å². The van der Waals surface area contributed by atoms with Crippen LogP contribution in [0.4, 0.5) is 11.4 Å². The molecule has 0 unspecified atom stereocenters. The Morgan fingerprint density at radius 2 is 2.00 bits per heavy atom. The number of anilines is 2. The highest BCUT2D eigenvalue weighted by atomic mass is 35.5. The molecule has 1 aliphatic carbocycles. The molecular formula is C15H20Cl2N2O2. The van der Waals surface area contributed by atoms with Gasteiger partial charge in [0.2, 0.25) is 5.91 Å². The molecule has 0 aliphatic heterocycles. The van der Waals surface area contributed by atoms with Crippen molar-refractivity contribution in [2.75, 3.05) is 17.7 Å². The predicted molar refractivity (Wildman–Crippen MR) is 86.9 cm³/mol. The highest BCUT2D eigenvalue weighted by Gasteiger charge is 2.15. The first-order chi connectivity index (χ1) is 10.1. The third-order valence-corrected chi connectivity index (χ3v) is 4.10. The first kappa shape index (κ1) is 16.4. The minimum atomic E-state index is -0.165. The van der Waals surface area contributed by atoms with Crippen LogP contribution in [0.15, 0.2) is 12.1 Å². The topological polar surface area (TPSA) is 64.3 Å². The molecule has 4 nitrogen and oxygen atoms in total. The monoisotopic (exact) mass is 330 g/mol. The van der Waals surface area contributed by atoms with E-state index in [4.69, 9.17) is 33.7 Å². The Hall–Kier alpha value is -0.970. The summed E-state index contributed by atoms with van der Waals surface area (Å²) in [6, 6.07) is 3.11. The number of nitrogens with one attached hydrogen (secondary N) is 1. The molecule has 6 heteroatoms. The van der Waals surface area contributed by atoms with Crippen LogP contribution in [0.3, 0.4) is 0 Å². The number of carbonyl (C=O) groups is 1. The Balaban J connectivity index is 1.79. The zero-order valence-electron chi connectivity index (χ0n) is 11.8. The van der Waals surface area contributed by atoms with Gasteiger partial charge in [-0.05, 0) is 25.0 Å². The first-order valence-corrected chi connectivity index (χ1v) is 7.98. The Kier molecular flexibility index (Phi) is 6.15. The Bertz CT molecular complexity index is 479. The average molecular weight is 331 g/mol. The predicted octanol–water partition coefficient (Wildman–Crippen LogP) is 4.25. The SMILES string of the molecule is Nc1cc(Cl)cc(Cl)c1NC(=O)CCOC1CCCCC1. The highest BCUT2D eigenvalue weighted by molar-refractivity contribution is 6.37. The molecule has 0 spiro atoms. The molecule has 0 heterocycles. The number of hydrogen-bond donors (Lipinski definition) is 2. The summed E-state index contributed by atoms with van der Waals surface area (Å²) in [6.07, 6.45) is 6.50. The van der Waals surface area contributed by atoms with Crippen molar-refractivity contribution in [2.24, 2.45) is 0 Å². The number of amides is 1. The summed E-state index contributed by atoms with van der Waals surface area (Å²) in [6.45, 7) is 0.418. The fourth-order valence-corrected chi connectivity index (χ4v) is 3.03. The van der Waals surface area contributed by atoms with E-state index in [1.54, 1.807) is 12.1 Å². The lowest BCUT2D eigenvalue weighted by Crippen LogP contribution is -2.21. The lowest BCUT2D eigenvalue weighted by atomic mass is 9.98. The van der Waals surface area contributed by atoms with Crippen LogP contribution in [0, 0.1) is 0 Å². The van der Waals surface area contributed by atoms with Gasteiger partial charge in [0.1, 0.15) is 0 Å². The standard InChI is InChI=1S/C15H20Cl2N2O2/c16-10-8-12(17)15(13(18)9-10)19-14(20)6-7-21-11-4-2-1-3-5-11/h8-9,11H,1-7,18H2,(H,19,20). The molecule has 1 fully saturated rings. The van der Waals surface area contributed by atoms with Crippen molar-refractivity contribution >= 4 is 40.5 Å². The maximum Gasteiger partial charge on any atom is 0.226 e. The summed E-state index contributed by atoms with van der Waals surface area (Å²) in [7, 11) is 0. The number of rotatable bonds is 5. The molecule has 1 amide bonds. The van der Waals surface area contributed by atoms with Gasteiger partial charge in [-0.2, -0.15) is 0 Å². The van der Waals surface area contributed by atoms with E-state index in [1.807, 2.05) is 0 Å². The molecule has 0 saturated heterocycles. The number of nitrogens with two attached hydrogens (primary N) is 1. The first-order valence-electron chi connectivity index (χ1n) is 7.22. The van der Waals surface area contributed by atoms with E-state index in [1.165, 1.54) is 19.3 Å². The van der Waals surface area contributed by atoms with Gasteiger partial charge in [0, 0.05) is 5.02 Å². The number of halogens is 2. The van der Waals surface area contributed by atoms with Crippen molar-refractivity contribution in [1.82, 2.24) is 0 Å². The highest BCUT2D eigenvalue weighted by Crippen LogP contribution is 2.32. The molecule has 1 aliphatic rings. The van der Waals surface area contributed by atoms with E-state index in [0.717, 1.165) is 12.8 Å². The van der Waals surface area contributed by atoms with Gasteiger partial charge >= 0.3 is 0 Å². The number of carbonyl (C=O) groups excluding carboxylic acids is 1. The van der Waals surface area contributed by atoms with Crippen molar-refractivity contribution in [3.63, 3.8) is 0 Å². The summed E-state index contributed by atoms with van der Waals surface area (Å²) >= 11 is 11.9. The van der Waals surface area contributed by atoms with Crippen molar-refractivity contribution in [3.8, 4) is 0 Å². The molecule has 1 saturated carbocycles. The third kappa shape index (κ3) is 5.06. The number of benzene rings is 1. The summed E-state index contributed by atoms with van der Waals surface area (Å²) in [5, 5.41) is 3.48. The minimum Gasteiger partial charge on any atom is -0.397 e. The Morgan fingerprint density at radius 3 is 2.67 bits per heavy atom. The van der Waals surface area contributed by atoms with Crippen LogP contribution >= 0.6 is 23.2 Å². The van der Waals surface area contributed by atoms with Gasteiger partial charge in [0.25, 0.3) is 0 Å². The van der Waals surface area contributed by atoms with E-state index >= 15 is 0 Å². The van der Waals surface area contributed by atoms with Gasteiger partial charge in [-0.15, -0.1) is 0 Å². The Labute approximate surface area is 134 Å². The average Bonchev–Trinajstić information content (AvgIpc) is 2.44. The van der Waals surface area contributed by atoms with E-state index in [-0.39, 0.29) is 12.3 Å². The van der Waals surface area contributed by atoms with Crippen LogP contribution in [0.5, 0.6) is 0 Å². The van der Waals surface area contributed by atoms with E-state index < -0.39 is 0 Å². The lowest BCUT2D eigenvalue weighted by molar-refractivity contribution is -0.117. The molecule has 2 rings (SSSR count). The molecule has 0 aromatic heterocycles. The van der Waals surface area contributed by atoms with Gasteiger partial charge < -0.3 is 15.8 Å². The smallest absolute Gasteiger partial charge is 0.226 e. The summed E-state index contributed by atoms with van der Waals surface area (Å²) in [4.78, 5) is 11.9. The maximum absolute atomic E-state index is 11.9. The molecule has 0 bridgehead atoms. The van der Waals surface area contributed by atoms with Crippen molar-refractivity contribution < 1.29 is 9.53 Å². The maximum atomic E-state index is 11.9. The lowest BCUT2D eigenvalue weighted by Gasteiger charge is -2.21. The van der Waals surface area contributed by atoms with Crippen LogP contribution < -0.4 is 11.1 Å². The van der Waals surface area contributed by atoms with Crippen LogP contribution in [-0.2, 0) is 9.53 Å². The molecule has 116 valence electrons. The quantitative estimate of drug-likeness (QED) is 0.793. The molecule has 0 atom stereocenters. The second kappa shape index (κ2) is 7.87. The molecule has 0 radical (unpaired) electrons. The van der Waals surface area contributed by atoms with Gasteiger partial charge in [0.05, 0.1) is 35.5 Å². The van der Waals surface area contributed by atoms with Crippen molar-refractivity contribution in [1.29, 1.82) is 0 Å². The van der Waals surface area contributed by atoms with Crippen LogP contribution in [-0.4, -0.2) is 18.6 Å². The van der Waals surface area contributed by atoms with Crippen molar-refractivity contribution in [3.05, 3.63) is 22.2 Å². The minimum absolute atomic E-state index is 0.165. The zero-order chi connectivity index (χ0) is 15.2. The second-order valence-electron chi connectivity index (χ2n) is 5.28. The van der Waals surface area contributed by atoms with E-state index in [0.29, 0.717) is 34.1 Å². The fourth-order valence-electron chi connectivity index (χ4n) is 2.48. The van der Waals surface area contributed by atoms with Crippen LogP contribution in [0.1, 0.15) is 38.5 Å². The van der Waals surface area contributed by atoms with E-state index in [2.05, 4.69) is 5.32 Å². The number of ether oxygens (including phenoxy) is 1. The van der Waals surface area contributed by atoms with Crippen LogP contribution in [0.2, 0.25) is 10.0 Å². The van der Waals surface area contributed by atoms with Gasteiger partial charge in [-0.1, -0.05) is 42.5 Å². The summed E-state index contributed by atoms with van der Waals surface area (Å²) in [5.74, 6) is -0.165. The molecule has 1 aromatic carbocycles. The third-order valence-electron chi connectivity index (χ3n) is 3.58. The molecule has 1 aromatic rings. The Morgan fingerprint density at radius 1 is 1.29 bits per heavy atom. The summed E-state index contributed by atoms with van der Waals surface area (Å²) in [5.41, 5.74) is 6.56. The van der Waals surface area contributed by atoms with Gasteiger partial charge in [0.15, 0.2) is 0 Å². The largest absolute Gasteiger partial charge is 0.397 e. The van der Waals surface area contributed by atoms with Crippen molar-refractivity contribution in [2.45, 2.75) is 44.6 Å². The van der Waals surface area contributed by atoms with E-state index in [9.17, 15) is 4.79 Å². The summed E-state index contributed by atoms with van der Waals surface area (Å²) < 4.78 is 5.72.